The average Bonchev–Trinajstić information content (AvgIpc) is 3.06. The van der Waals surface area contributed by atoms with Crippen LogP contribution in [0, 0.1) is 6.92 Å². The highest BCUT2D eigenvalue weighted by Gasteiger charge is 2.08. The lowest BCUT2D eigenvalue weighted by molar-refractivity contribution is -0.121. The quantitative estimate of drug-likeness (QED) is 0.629. The molecule has 1 heterocycles. The maximum atomic E-state index is 11.9. The number of nitrogens with zero attached hydrogens (tertiary/aromatic N) is 1. The van der Waals surface area contributed by atoms with E-state index in [0.29, 0.717) is 31.9 Å². The van der Waals surface area contributed by atoms with Gasteiger partial charge in [0.1, 0.15) is 23.6 Å². The molecular formula is C20H22N2O4. The van der Waals surface area contributed by atoms with Gasteiger partial charge in [-0.05, 0) is 48.9 Å². The lowest BCUT2D eigenvalue weighted by Gasteiger charge is -2.08. The maximum Gasteiger partial charge on any atom is 0.220 e. The second kappa shape index (κ2) is 8.38. The van der Waals surface area contributed by atoms with Crippen LogP contribution in [0.3, 0.4) is 0 Å². The van der Waals surface area contributed by atoms with E-state index in [1.165, 1.54) is 0 Å². The van der Waals surface area contributed by atoms with Crippen molar-refractivity contribution in [2.75, 3.05) is 20.3 Å². The van der Waals surface area contributed by atoms with Crippen LogP contribution in [0.4, 0.5) is 0 Å². The summed E-state index contributed by atoms with van der Waals surface area (Å²) in [6.45, 7) is 2.85. The Kier molecular flexibility index (Phi) is 5.73. The van der Waals surface area contributed by atoms with E-state index in [1.807, 2.05) is 49.4 Å². The molecule has 1 amide bonds. The first kappa shape index (κ1) is 17.8. The van der Waals surface area contributed by atoms with E-state index in [9.17, 15) is 4.79 Å². The number of rotatable bonds is 8. The molecular weight excluding hydrogens is 332 g/mol. The fourth-order valence-electron chi connectivity index (χ4n) is 2.53. The van der Waals surface area contributed by atoms with Crippen LogP contribution in [0.15, 0.2) is 46.9 Å². The molecule has 0 unspecified atom stereocenters. The molecule has 0 saturated carbocycles. The summed E-state index contributed by atoms with van der Waals surface area (Å²) in [7, 11) is 1.62. The van der Waals surface area contributed by atoms with E-state index >= 15 is 0 Å². The number of fused-ring (bicyclic) bond motifs is 1. The number of aryl methyl sites for hydroxylation is 2. The van der Waals surface area contributed by atoms with Crippen molar-refractivity contribution in [1.29, 1.82) is 0 Å². The molecule has 3 rings (SSSR count). The number of ether oxygens (including phenoxy) is 2. The molecule has 0 saturated heterocycles. The lowest BCUT2D eigenvalue weighted by atomic mass is 10.2. The van der Waals surface area contributed by atoms with Crippen molar-refractivity contribution in [3.05, 3.63) is 53.9 Å². The van der Waals surface area contributed by atoms with Crippen LogP contribution in [0.25, 0.3) is 11.1 Å². The van der Waals surface area contributed by atoms with Crippen LogP contribution in [-0.4, -0.2) is 31.2 Å². The normalized spacial score (nSPS) is 10.7. The van der Waals surface area contributed by atoms with E-state index in [0.717, 1.165) is 28.2 Å². The van der Waals surface area contributed by atoms with Crippen molar-refractivity contribution in [2.45, 2.75) is 19.8 Å². The first-order chi connectivity index (χ1) is 12.6. The molecule has 0 spiro atoms. The number of methoxy groups -OCH3 is 1. The first-order valence-electron chi connectivity index (χ1n) is 8.53. The predicted molar refractivity (Wildman–Crippen MR) is 98.6 cm³/mol. The van der Waals surface area contributed by atoms with Crippen molar-refractivity contribution in [1.82, 2.24) is 10.3 Å². The fourth-order valence-corrected chi connectivity index (χ4v) is 2.53. The number of amides is 1. The molecule has 3 aromatic rings. The molecule has 136 valence electrons. The molecule has 0 radical (unpaired) electrons. The van der Waals surface area contributed by atoms with Crippen LogP contribution >= 0.6 is 0 Å². The summed E-state index contributed by atoms with van der Waals surface area (Å²) < 4.78 is 16.3. The molecule has 1 N–H and O–H groups in total. The van der Waals surface area contributed by atoms with Gasteiger partial charge in [0.15, 0.2) is 11.5 Å². The Morgan fingerprint density at radius 2 is 1.92 bits per heavy atom. The van der Waals surface area contributed by atoms with Crippen LogP contribution in [-0.2, 0) is 11.2 Å². The van der Waals surface area contributed by atoms with E-state index in [2.05, 4.69) is 10.3 Å². The zero-order valence-corrected chi connectivity index (χ0v) is 15.0. The number of benzene rings is 2. The molecule has 0 bridgehead atoms. The zero-order chi connectivity index (χ0) is 18.4. The number of hydrogen-bond donors (Lipinski definition) is 1. The third-order valence-corrected chi connectivity index (χ3v) is 3.91. The van der Waals surface area contributed by atoms with Gasteiger partial charge in [-0.2, -0.15) is 0 Å². The van der Waals surface area contributed by atoms with Crippen LogP contribution < -0.4 is 14.8 Å². The number of carbonyl (C=O) groups excluding carboxylic acids is 1. The van der Waals surface area contributed by atoms with Gasteiger partial charge in [0, 0.05) is 12.8 Å². The summed E-state index contributed by atoms with van der Waals surface area (Å²) in [4.78, 5) is 16.3. The van der Waals surface area contributed by atoms with Gasteiger partial charge in [0.25, 0.3) is 0 Å². The van der Waals surface area contributed by atoms with Gasteiger partial charge in [-0.15, -0.1) is 0 Å². The summed E-state index contributed by atoms with van der Waals surface area (Å²) in [5.74, 6) is 2.04. The predicted octanol–water partition coefficient (Wildman–Crippen LogP) is 3.27. The van der Waals surface area contributed by atoms with Gasteiger partial charge in [0.05, 0.1) is 13.7 Å². The molecule has 6 heteroatoms. The molecule has 0 aliphatic rings. The molecule has 0 aliphatic heterocycles. The fraction of sp³-hybridized carbons (Fsp3) is 0.300. The topological polar surface area (TPSA) is 73.6 Å². The highest BCUT2D eigenvalue weighted by molar-refractivity contribution is 5.76. The number of aromatic nitrogens is 1. The Hall–Kier alpha value is -3.02. The van der Waals surface area contributed by atoms with E-state index < -0.39 is 0 Å². The average molecular weight is 354 g/mol. The lowest BCUT2D eigenvalue weighted by Crippen LogP contribution is -2.28. The van der Waals surface area contributed by atoms with Crippen LogP contribution in [0.1, 0.15) is 17.9 Å². The zero-order valence-electron chi connectivity index (χ0n) is 15.0. The SMILES string of the molecule is COc1ccc(OCCNC(=O)CCc2nc3cc(C)ccc3o2)cc1. The minimum atomic E-state index is -0.0539. The number of carbonyl (C=O) groups is 1. The van der Waals surface area contributed by atoms with Crippen molar-refractivity contribution in [3.63, 3.8) is 0 Å². The monoisotopic (exact) mass is 354 g/mol. The van der Waals surface area contributed by atoms with Gasteiger partial charge < -0.3 is 19.2 Å². The van der Waals surface area contributed by atoms with E-state index in [1.54, 1.807) is 7.11 Å². The van der Waals surface area contributed by atoms with Gasteiger partial charge >= 0.3 is 0 Å². The van der Waals surface area contributed by atoms with Crippen molar-refractivity contribution in [2.24, 2.45) is 0 Å². The van der Waals surface area contributed by atoms with Crippen LogP contribution in [0.2, 0.25) is 0 Å². The van der Waals surface area contributed by atoms with E-state index in [4.69, 9.17) is 13.9 Å². The highest BCUT2D eigenvalue weighted by Crippen LogP contribution is 2.18. The molecule has 0 atom stereocenters. The molecule has 1 aromatic heterocycles. The molecule has 0 aliphatic carbocycles. The van der Waals surface area contributed by atoms with Crippen molar-refractivity contribution < 1.29 is 18.7 Å². The largest absolute Gasteiger partial charge is 0.497 e. The minimum Gasteiger partial charge on any atom is -0.497 e. The maximum absolute atomic E-state index is 11.9. The van der Waals surface area contributed by atoms with Crippen molar-refractivity contribution >= 4 is 17.0 Å². The Balaban J connectivity index is 1.38. The smallest absolute Gasteiger partial charge is 0.220 e. The summed E-state index contributed by atoms with van der Waals surface area (Å²) in [6, 6.07) is 13.2. The Morgan fingerprint density at radius 3 is 2.69 bits per heavy atom. The van der Waals surface area contributed by atoms with Gasteiger partial charge in [0.2, 0.25) is 5.91 Å². The second-order valence-corrected chi connectivity index (χ2v) is 5.95. The van der Waals surface area contributed by atoms with Gasteiger partial charge in [-0.1, -0.05) is 6.07 Å². The molecule has 0 fully saturated rings. The van der Waals surface area contributed by atoms with Crippen molar-refractivity contribution in [3.8, 4) is 11.5 Å². The van der Waals surface area contributed by atoms with Crippen LogP contribution in [0.5, 0.6) is 11.5 Å². The molecule has 6 nitrogen and oxygen atoms in total. The Bertz CT molecular complexity index is 871. The summed E-state index contributed by atoms with van der Waals surface area (Å²) in [5, 5.41) is 2.83. The van der Waals surface area contributed by atoms with E-state index in [-0.39, 0.29) is 5.91 Å². The number of hydrogen-bond acceptors (Lipinski definition) is 5. The Labute approximate surface area is 152 Å². The standard InChI is InChI=1S/C20H22N2O4/c1-14-3-8-18-17(13-14)22-20(26-18)10-9-19(23)21-11-12-25-16-6-4-15(24-2)5-7-16/h3-8,13H,9-12H2,1-2H3,(H,21,23). The minimum absolute atomic E-state index is 0.0539. The molecule has 26 heavy (non-hydrogen) atoms. The molecule has 2 aromatic carbocycles. The number of oxazole rings is 1. The first-order valence-corrected chi connectivity index (χ1v) is 8.53. The summed E-state index contributed by atoms with van der Waals surface area (Å²) in [6.07, 6.45) is 0.799. The van der Waals surface area contributed by atoms with Gasteiger partial charge in [-0.25, -0.2) is 4.98 Å². The third kappa shape index (κ3) is 4.75. The number of nitrogens with one attached hydrogen (secondary N) is 1. The second-order valence-electron chi connectivity index (χ2n) is 5.95. The van der Waals surface area contributed by atoms with Gasteiger partial charge in [-0.3, -0.25) is 4.79 Å². The Morgan fingerprint density at radius 1 is 1.15 bits per heavy atom. The third-order valence-electron chi connectivity index (χ3n) is 3.91. The summed E-state index contributed by atoms with van der Waals surface area (Å²) >= 11 is 0. The highest BCUT2D eigenvalue weighted by atomic mass is 16.5. The summed E-state index contributed by atoms with van der Waals surface area (Å²) in [5.41, 5.74) is 2.71.